The standard InChI is InChI=1S/C25H26FN5O3S/c1-16(28-21-9-14-35(33)22(21)23(27)29-18-6-4-5-17(26)15-18)31-12-10-25(11-13-31)19-7-2-3-8-20(19)30-24(32)34-25/h2-8,15,28H,1,9-14H2,(H2,27,29)(H,30,32). The lowest BCUT2D eigenvalue weighted by Crippen LogP contribution is -2.49. The zero-order valence-corrected chi connectivity index (χ0v) is 19.9. The molecule has 0 aliphatic carbocycles. The van der Waals surface area contributed by atoms with Crippen LogP contribution in [-0.2, 0) is 21.1 Å². The molecule has 8 nitrogen and oxygen atoms in total. The minimum Gasteiger partial charge on any atom is -0.438 e. The lowest BCUT2D eigenvalue weighted by molar-refractivity contribution is -0.0327. The normalized spacial score (nSPS) is 21.4. The predicted octanol–water partition coefficient (Wildman–Crippen LogP) is 3.79. The first-order valence-corrected chi connectivity index (χ1v) is 12.7. The van der Waals surface area contributed by atoms with Crippen molar-refractivity contribution in [2.45, 2.75) is 24.9 Å². The van der Waals surface area contributed by atoms with Crippen LogP contribution in [0.5, 0.6) is 0 Å². The molecule has 0 bridgehead atoms. The van der Waals surface area contributed by atoms with Crippen molar-refractivity contribution in [1.29, 1.82) is 0 Å². The van der Waals surface area contributed by atoms with E-state index in [2.05, 4.69) is 27.1 Å². The number of likely N-dealkylation sites (tertiary alicyclic amines) is 1. The lowest BCUT2D eigenvalue weighted by Gasteiger charge is -2.45. The number of allylic oxidation sites excluding steroid dienone is 1. The molecule has 35 heavy (non-hydrogen) atoms. The highest BCUT2D eigenvalue weighted by atomic mass is 32.2. The largest absolute Gasteiger partial charge is 0.438 e. The highest BCUT2D eigenvalue weighted by Gasteiger charge is 2.44. The molecule has 3 heterocycles. The molecule has 1 saturated heterocycles. The van der Waals surface area contributed by atoms with Gasteiger partial charge in [0.25, 0.3) is 0 Å². The van der Waals surface area contributed by atoms with E-state index in [0.29, 0.717) is 60.2 Å². The molecule has 182 valence electrons. The van der Waals surface area contributed by atoms with E-state index < -0.39 is 28.3 Å². The molecule has 2 aromatic rings. The van der Waals surface area contributed by atoms with Crippen molar-refractivity contribution in [1.82, 2.24) is 10.2 Å². The number of para-hydroxylation sites is 1. The number of fused-ring (bicyclic) bond motifs is 2. The summed E-state index contributed by atoms with van der Waals surface area (Å²) in [4.78, 5) is 18.9. The van der Waals surface area contributed by atoms with E-state index in [1.807, 2.05) is 24.3 Å². The van der Waals surface area contributed by atoms with Gasteiger partial charge in [-0.05, 0) is 24.3 Å². The van der Waals surface area contributed by atoms with Gasteiger partial charge >= 0.3 is 6.09 Å². The van der Waals surface area contributed by atoms with Gasteiger partial charge in [-0.25, -0.2) is 14.2 Å². The average molecular weight is 496 g/mol. The van der Waals surface area contributed by atoms with Gasteiger partial charge in [0.15, 0.2) is 0 Å². The Bertz CT molecular complexity index is 1280. The number of hydrogen-bond acceptors (Lipinski definition) is 6. The number of amidine groups is 1. The Labute approximate surface area is 205 Å². The van der Waals surface area contributed by atoms with Gasteiger partial charge < -0.3 is 20.7 Å². The van der Waals surface area contributed by atoms with E-state index in [4.69, 9.17) is 10.5 Å². The van der Waals surface area contributed by atoms with Crippen molar-refractivity contribution < 1.29 is 18.1 Å². The first-order valence-electron chi connectivity index (χ1n) is 11.4. The summed E-state index contributed by atoms with van der Waals surface area (Å²) in [6.45, 7) is 5.41. The number of nitrogens with zero attached hydrogens (tertiary/aromatic N) is 2. The van der Waals surface area contributed by atoms with E-state index >= 15 is 0 Å². The molecule has 1 unspecified atom stereocenters. The number of aliphatic imine (C=N–C) groups is 1. The van der Waals surface area contributed by atoms with Gasteiger partial charge in [0.05, 0.1) is 28.0 Å². The van der Waals surface area contributed by atoms with Gasteiger partial charge in [0.2, 0.25) is 0 Å². The Kier molecular flexibility index (Phi) is 6.06. The number of hydrogen-bond donors (Lipinski definition) is 3. The summed E-state index contributed by atoms with van der Waals surface area (Å²) in [7, 11) is -1.32. The highest BCUT2D eigenvalue weighted by Crippen LogP contribution is 2.43. The zero-order chi connectivity index (χ0) is 24.6. The first-order chi connectivity index (χ1) is 16.8. The number of ether oxygens (including phenoxy) is 1. The maximum absolute atomic E-state index is 13.5. The molecule has 1 spiro atoms. The van der Waals surface area contributed by atoms with Crippen molar-refractivity contribution >= 4 is 34.1 Å². The smallest absolute Gasteiger partial charge is 0.412 e. The minimum atomic E-state index is -1.32. The van der Waals surface area contributed by atoms with E-state index in [9.17, 15) is 13.4 Å². The third kappa shape index (κ3) is 4.53. The molecule has 1 amide bonds. The average Bonchev–Trinajstić information content (AvgIpc) is 3.19. The van der Waals surface area contributed by atoms with Crippen LogP contribution in [0, 0.1) is 5.82 Å². The summed E-state index contributed by atoms with van der Waals surface area (Å²) in [5.74, 6) is 0.751. The van der Waals surface area contributed by atoms with Crippen LogP contribution < -0.4 is 16.4 Å². The predicted molar refractivity (Wildman–Crippen MR) is 134 cm³/mol. The SMILES string of the molecule is C=C(NC1=C(C(N)=Nc2cccc(F)c2)S(=O)CC1)N1CCC2(CC1)OC(=O)Nc1ccccc12. The number of nitrogens with one attached hydrogen (secondary N) is 2. The number of amides is 1. The van der Waals surface area contributed by atoms with Gasteiger partial charge in [-0.3, -0.25) is 9.53 Å². The van der Waals surface area contributed by atoms with Crippen LogP contribution >= 0.6 is 0 Å². The molecule has 3 aliphatic rings. The number of benzene rings is 2. The van der Waals surface area contributed by atoms with Crippen LogP contribution in [0.3, 0.4) is 0 Å². The summed E-state index contributed by atoms with van der Waals surface area (Å²) in [6.07, 6.45) is 1.32. The van der Waals surface area contributed by atoms with Gasteiger partial charge in [-0.2, -0.15) is 0 Å². The molecule has 0 saturated carbocycles. The quantitative estimate of drug-likeness (QED) is 0.430. The van der Waals surface area contributed by atoms with Crippen molar-refractivity contribution in [3.05, 3.63) is 82.9 Å². The second kappa shape index (κ2) is 9.18. The van der Waals surface area contributed by atoms with Gasteiger partial charge in [0.1, 0.15) is 22.2 Å². The maximum atomic E-state index is 13.5. The Morgan fingerprint density at radius 1 is 1.23 bits per heavy atom. The van der Waals surface area contributed by atoms with Crippen molar-refractivity contribution in [3.63, 3.8) is 0 Å². The number of rotatable bonds is 5. The lowest BCUT2D eigenvalue weighted by atomic mass is 9.82. The number of nitrogens with two attached hydrogens (primary N) is 1. The van der Waals surface area contributed by atoms with Crippen LogP contribution in [0.4, 0.5) is 20.6 Å². The summed E-state index contributed by atoms with van der Waals surface area (Å²) in [5, 5.41) is 6.06. The molecule has 2 aromatic carbocycles. The van der Waals surface area contributed by atoms with E-state index in [1.54, 1.807) is 12.1 Å². The van der Waals surface area contributed by atoms with Crippen LogP contribution in [0.1, 0.15) is 24.8 Å². The monoisotopic (exact) mass is 495 g/mol. The second-order valence-electron chi connectivity index (χ2n) is 8.70. The number of piperidine rings is 1. The Morgan fingerprint density at radius 2 is 2.00 bits per heavy atom. The Hall–Kier alpha value is -3.66. The summed E-state index contributed by atoms with van der Waals surface area (Å²) in [6, 6.07) is 13.5. The van der Waals surface area contributed by atoms with E-state index in [1.165, 1.54) is 12.1 Å². The van der Waals surface area contributed by atoms with Gasteiger partial charge in [-0.1, -0.05) is 30.8 Å². The molecule has 4 N–H and O–H groups in total. The van der Waals surface area contributed by atoms with Gasteiger partial charge in [0, 0.05) is 49.4 Å². The summed E-state index contributed by atoms with van der Waals surface area (Å²) in [5.41, 5.74) is 8.34. The van der Waals surface area contributed by atoms with Crippen LogP contribution in [-0.4, -0.2) is 39.9 Å². The zero-order valence-electron chi connectivity index (χ0n) is 19.1. The maximum Gasteiger partial charge on any atom is 0.412 e. The van der Waals surface area contributed by atoms with Crippen LogP contribution in [0.2, 0.25) is 0 Å². The van der Waals surface area contributed by atoms with E-state index in [-0.39, 0.29) is 5.84 Å². The number of carbonyl (C=O) groups is 1. The molecule has 1 atom stereocenters. The number of anilines is 1. The molecule has 0 radical (unpaired) electrons. The van der Waals surface area contributed by atoms with Crippen molar-refractivity contribution in [3.8, 4) is 0 Å². The summed E-state index contributed by atoms with van der Waals surface area (Å²) >= 11 is 0. The fraction of sp³-hybridized carbons (Fsp3) is 0.280. The van der Waals surface area contributed by atoms with E-state index in [0.717, 1.165) is 11.3 Å². The Morgan fingerprint density at radius 3 is 2.77 bits per heavy atom. The summed E-state index contributed by atoms with van der Waals surface area (Å²) < 4.78 is 32.0. The molecular weight excluding hydrogens is 469 g/mol. The first kappa shape index (κ1) is 23.1. The molecule has 0 aromatic heterocycles. The Balaban J connectivity index is 1.31. The molecule has 3 aliphatic heterocycles. The molecule has 10 heteroatoms. The number of halogens is 1. The number of carbonyl (C=O) groups excluding carboxylic acids is 1. The van der Waals surface area contributed by atoms with Gasteiger partial charge in [-0.15, -0.1) is 0 Å². The third-order valence-corrected chi connectivity index (χ3v) is 8.01. The fourth-order valence-corrected chi connectivity index (χ4v) is 6.09. The molecule has 1 fully saturated rings. The highest BCUT2D eigenvalue weighted by molar-refractivity contribution is 7.90. The molecular formula is C25H26FN5O3S. The third-order valence-electron chi connectivity index (χ3n) is 6.52. The van der Waals surface area contributed by atoms with Crippen LogP contribution in [0.15, 0.2) is 76.5 Å². The van der Waals surface area contributed by atoms with Crippen molar-refractivity contribution in [2.75, 3.05) is 24.2 Å². The van der Waals surface area contributed by atoms with Crippen molar-refractivity contribution in [2.24, 2.45) is 10.7 Å². The topological polar surface area (TPSA) is 109 Å². The molecule has 5 rings (SSSR count). The minimum absolute atomic E-state index is 0.0950. The van der Waals surface area contributed by atoms with Crippen LogP contribution in [0.25, 0.3) is 0 Å². The fourth-order valence-electron chi connectivity index (χ4n) is 4.79. The second-order valence-corrected chi connectivity index (χ2v) is 10.2.